The number of carbonyl (C=O) groups is 1. The summed E-state index contributed by atoms with van der Waals surface area (Å²) in [5, 5.41) is 9.09. The Kier molecular flexibility index (Phi) is 3.47. The van der Waals surface area contributed by atoms with Gasteiger partial charge in [-0.15, -0.1) is 0 Å². The lowest BCUT2D eigenvalue weighted by molar-refractivity contribution is 0.0980. The second-order valence-electron chi connectivity index (χ2n) is 5.23. The first-order chi connectivity index (χ1) is 10.5. The molecule has 0 bridgehead atoms. The highest BCUT2D eigenvalue weighted by Crippen LogP contribution is 2.25. The first-order valence-corrected chi connectivity index (χ1v) is 6.93. The normalized spacial score (nSPS) is 13.5. The van der Waals surface area contributed by atoms with Crippen molar-refractivity contribution in [1.29, 1.82) is 5.26 Å². The molecule has 7 nitrogen and oxygen atoms in total. The average Bonchev–Trinajstić information content (AvgIpc) is 3.07. The molecule has 1 aliphatic rings. The maximum absolute atomic E-state index is 12.7. The lowest BCUT2D eigenvalue weighted by Crippen LogP contribution is -2.28. The molecule has 0 saturated carbocycles. The van der Waals surface area contributed by atoms with Crippen molar-refractivity contribution in [3.8, 4) is 6.07 Å². The molecule has 114 valence electrons. The van der Waals surface area contributed by atoms with Gasteiger partial charge in [-0.05, 0) is 11.6 Å². The van der Waals surface area contributed by atoms with Crippen LogP contribution in [0.4, 0.5) is 5.88 Å². The van der Waals surface area contributed by atoms with Gasteiger partial charge in [0.25, 0.3) is 5.91 Å². The Morgan fingerprint density at radius 1 is 1.55 bits per heavy atom. The summed E-state index contributed by atoms with van der Waals surface area (Å²) in [6, 6.07) is 3.78. The van der Waals surface area contributed by atoms with Gasteiger partial charge in [0.1, 0.15) is 11.8 Å². The molecular formula is C15H16N4O3. The van der Waals surface area contributed by atoms with Crippen LogP contribution in [0.15, 0.2) is 10.5 Å². The lowest BCUT2D eigenvalue weighted by atomic mass is 10.1. The van der Waals surface area contributed by atoms with Gasteiger partial charge in [-0.1, -0.05) is 0 Å². The summed E-state index contributed by atoms with van der Waals surface area (Å²) in [5.74, 6) is 0.274. The van der Waals surface area contributed by atoms with E-state index < -0.39 is 0 Å². The number of nitriles is 1. The summed E-state index contributed by atoms with van der Waals surface area (Å²) in [4.78, 5) is 18.0. The molecule has 7 heteroatoms. The summed E-state index contributed by atoms with van der Waals surface area (Å²) >= 11 is 0. The first kappa shape index (κ1) is 14.4. The molecule has 0 atom stereocenters. The van der Waals surface area contributed by atoms with E-state index in [0.29, 0.717) is 24.8 Å². The minimum absolute atomic E-state index is 0.107. The van der Waals surface area contributed by atoms with Crippen LogP contribution < -0.4 is 4.90 Å². The fourth-order valence-electron chi connectivity index (χ4n) is 2.70. The number of aromatic nitrogens is 2. The molecule has 0 aromatic carbocycles. The van der Waals surface area contributed by atoms with Gasteiger partial charge in [-0.25, -0.2) is 4.98 Å². The van der Waals surface area contributed by atoms with E-state index in [1.165, 1.54) is 4.90 Å². The maximum atomic E-state index is 12.7. The molecule has 0 saturated heterocycles. The minimum atomic E-state index is -0.246. The Bertz CT molecular complexity index is 782. The fraction of sp³-hybridized carbons (Fsp3) is 0.400. The number of carbonyl (C=O) groups excluding carboxylic acids is 1. The number of fused-ring (bicyclic) bond motifs is 1. The standard InChI is InChI=1S/C15H16N4O3/c1-9-17-11(7-16)15(22-9)19(3)14(20)13-6-10-8-21-5-4-12(10)18(13)2/h6H,4-5,8H2,1-3H3. The van der Waals surface area contributed by atoms with Gasteiger partial charge < -0.3 is 13.7 Å². The lowest BCUT2D eigenvalue weighted by Gasteiger charge is -2.16. The van der Waals surface area contributed by atoms with Crippen molar-refractivity contribution in [3.05, 3.63) is 34.6 Å². The van der Waals surface area contributed by atoms with Crippen LogP contribution in [0.25, 0.3) is 0 Å². The van der Waals surface area contributed by atoms with Crippen molar-refractivity contribution in [2.75, 3.05) is 18.6 Å². The van der Waals surface area contributed by atoms with E-state index in [0.717, 1.165) is 17.7 Å². The molecule has 1 amide bonds. The van der Waals surface area contributed by atoms with Crippen LogP contribution >= 0.6 is 0 Å². The molecule has 1 aliphatic heterocycles. The average molecular weight is 300 g/mol. The van der Waals surface area contributed by atoms with Crippen LogP contribution in [0.5, 0.6) is 0 Å². The smallest absolute Gasteiger partial charge is 0.277 e. The number of amides is 1. The topological polar surface area (TPSA) is 84.3 Å². The largest absolute Gasteiger partial charge is 0.423 e. The van der Waals surface area contributed by atoms with E-state index in [-0.39, 0.29) is 17.5 Å². The van der Waals surface area contributed by atoms with E-state index in [4.69, 9.17) is 14.4 Å². The molecule has 3 heterocycles. The van der Waals surface area contributed by atoms with Crippen molar-refractivity contribution >= 4 is 11.8 Å². The molecule has 22 heavy (non-hydrogen) atoms. The van der Waals surface area contributed by atoms with Gasteiger partial charge in [0.05, 0.1) is 13.2 Å². The van der Waals surface area contributed by atoms with Gasteiger partial charge in [-0.3, -0.25) is 9.69 Å². The highest BCUT2D eigenvalue weighted by molar-refractivity contribution is 6.04. The van der Waals surface area contributed by atoms with Crippen molar-refractivity contribution in [3.63, 3.8) is 0 Å². The Labute approximate surface area is 127 Å². The van der Waals surface area contributed by atoms with Crippen molar-refractivity contribution in [1.82, 2.24) is 9.55 Å². The van der Waals surface area contributed by atoms with Crippen LogP contribution in [0.1, 0.15) is 33.3 Å². The Morgan fingerprint density at radius 3 is 3.00 bits per heavy atom. The number of rotatable bonds is 2. The molecule has 0 spiro atoms. The first-order valence-electron chi connectivity index (χ1n) is 6.93. The molecule has 3 rings (SSSR count). The zero-order valence-corrected chi connectivity index (χ0v) is 12.7. The van der Waals surface area contributed by atoms with Gasteiger partial charge in [0.15, 0.2) is 5.89 Å². The van der Waals surface area contributed by atoms with E-state index in [2.05, 4.69) is 4.98 Å². The quantitative estimate of drug-likeness (QED) is 0.840. The number of oxazole rings is 1. The second-order valence-corrected chi connectivity index (χ2v) is 5.23. The second kappa shape index (κ2) is 5.31. The number of nitrogens with zero attached hydrogens (tertiary/aromatic N) is 4. The zero-order chi connectivity index (χ0) is 15.9. The number of aryl methyl sites for hydroxylation is 1. The van der Waals surface area contributed by atoms with E-state index >= 15 is 0 Å². The molecule has 2 aromatic heterocycles. The molecule has 0 radical (unpaired) electrons. The molecular weight excluding hydrogens is 284 g/mol. The van der Waals surface area contributed by atoms with Gasteiger partial charge in [0, 0.05) is 33.1 Å². The van der Waals surface area contributed by atoms with E-state index in [1.54, 1.807) is 14.0 Å². The Hall–Kier alpha value is -2.59. The highest BCUT2D eigenvalue weighted by atomic mass is 16.5. The van der Waals surface area contributed by atoms with Gasteiger partial charge in [-0.2, -0.15) is 5.26 Å². The SMILES string of the molecule is Cc1nc(C#N)c(N(C)C(=O)c2cc3c(n2C)CCOC3)o1. The van der Waals surface area contributed by atoms with Gasteiger partial charge >= 0.3 is 0 Å². The predicted molar refractivity (Wildman–Crippen MR) is 77.5 cm³/mol. The number of hydrogen-bond acceptors (Lipinski definition) is 5. The van der Waals surface area contributed by atoms with Crippen molar-refractivity contribution in [2.45, 2.75) is 20.0 Å². The molecule has 0 N–H and O–H groups in total. The third-order valence-corrected chi connectivity index (χ3v) is 3.84. The third kappa shape index (κ3) is 2.18. The molecule has 0 unspecified atom stereocenters. The van der Waals surface area contributed by atoms with Crippen LogP contribution in [0.3, 0.4) is 0 Å². The summed E-state index contributed by atoms with van der Waals surface area (Å²) in [6.45, 7) is 2.82. The van der Waals surface area contributed by atoms with Crippen LogP contribution in [0.2, 0.25) is 0 Å². The van der Waals surface area contributed by atoms with Crippen LogP contribution in [0, 0.1) is 18.3 Å². The van der Waals surface area contributed by atoms with Crippen molar-refractivity contribution < 1.29 is 13.9 Å². The number of anilines is 1. The Morgan fingerprint density at radius 2 is 2.32 bits per heavy atom. The van der Waals surface area contributed by atoms with E-state index in [1.807, 2.05) is 23.8 Å². The van der Waals surface area contributed by atoms with Crippen LogP contribution in [-0.2, 0) is 24.8 Å². The number of hydrogen-bond donors (Lipinski definition) is 0. The zero-order valence-electron chi connectivity index (χ0n) is 12.7. The fourth-order valence-corrected chi connectivity index (χ4v) is 2.70. The monoisotopic (exact) mass is 300 g/mol. The molecule has 0 fully saturated rings. The summed E-state index contributed by atoms with van der Waals surface area (Å²) in [7, 11) is 3.44. The molecule has 0 aliphatic carbocycles. The predicted octanol–water partition coefficient (Wildman–Crippen LogP) is 1.54. The van der Waals surface area contributed by atoms with Crippen molar-refractivity contribution in [2.24, 2.45) is 7.05 Å². The third-order valence-electron chi connectivity index (χ3n) is 3.84. The number of ether oxygens (including phenoxy) is 1. The van der Waals surface area contributed by atoms with Gasteiger partial charge in [0.2, 0.25) is 11.6 Å². The Balaban J connectivity index is 1.97. The summed E-state index contributed by atoms with van der Waals surface area (Å²) < 4.78 is 12.7. The minimum Gasteiger partial charge on any atom is -0.423 e. The van der Waals surface area contributed by atoms with Crippen LogP contribution in [-0.4, -0.2) is 29.1 Å². The molecule has 2 aromatic rings. The highest BCUT2D eigenvalue weighted by Gasteiger charge is 2.26. The van der Waals surface area contributed by atoms with E-state index in [9.17, 15) is 4.79 Å². The maximum Gasteiger partial charge on any atom is 0.277 e. The summed E-state index contributed by atoms with van der Waals surface area (Å²) in [5.41, 5.74) is 2.78. The summed E-state index contributed by atoms with van der Waals surface area (Å²) in [6.07, 6.45) is 0.785.